The van der Waals surface area contributed by atoms with Crippen molar-refractivity contribution in [2.45, 2.75) is 46.1 Å². The van der Waals surface area contributed by atoms with Gasteiger partial charge in [-0.2, -0.15) is 0 Å². The van der Waals surface area contributed by atoms with Crippen LogP contribution in [0.3, 0.4) is 0 Å². The number of ether oxygens (including phenoxy) is 1. The molecule has 1 heterocycles. The van der Waals surface area contributed by atoms with Crippen molar-refractivity contribution in [3.05, 3.63) is 18.1 Å². The number of methoxy groups -OCH3 is 1. The molecule has 1 aromatic heterocycles. The van der Waals surface area contributed by atoms with Crippen LogP contribution < -0.4 is 10.1 Å². The third-order valence-corrected chi connectivity index (χ3v) is 3.23. The van der Waals surface area contributed by atoms with Crippen LogP contribution in [0.4, 0.5) is 0 Å². The number of nitrogens with zero attached hydrogens (tertiary/aromatic N) is 2. The van der Waals surface area contributed by atoms with Crippen molar-refractivity contribution in [2.24, 2.45) is 5.92 Å². The van der Waals surface area contributed by atoms with Crippen LogP contribution in [-0.2, 0) is 6.42 Å². The zero-order valence-electron chi connectivity index (χ0n) is 11.9. The highest BCUT2D eigenvalue weighted by molar-refractivity contribution is 5.14. The highest BCUT2D eigenvalue weighted by atomic mass is 16.5. The number of hydrogen-bond donors (Lipinski definition) is 1. The number of rotatable bonds is 8. The van der Waals surface area contributed by atoms with Crippen LogP contribution in [0.1, 0.15) is 39.3 Å². The van der Waals surface area contributed by atoms with Crippen molar-refractivity contribution >= 4 is 0 Å². The summed E-state index contributed by atoms with van der Waals surface area (Å²) in [6.45, 7) is 7.66. The first-order valence-electron chi connectivity index (χ1n) is 6.79. The van der Waals surface area contributed by atoms with Crippen molar-refractivity contribution in [3.63, 3.8) is 0 Å². The first-order valence-corrected chi connectivity index (χ1v) is 6.79. The molecule has 1 rings (SSSR count). The van der Waals surface area contributed by atoms with Crippen molar-refractivity contribution in [1.29, 1.82) is 0 Å². The third-order valence-electron chi connectivity index (χ3n) is 3.23. The molecule has 0 aromatic carbocycles. The first kappa shape index (κ1) is 14.9. The van der Waals surface area contributed by atoms with E-state index < -0.39 is 0 Å². The monoisotopic (exact) mass is 251 g/mol. The maximum absolute atomic E-state index is 5.13. The standard InChI is InChI=1S/C14H25N3O/c1-5-7-11(3)13(15-6-2)8-12-9-14(18-4)17-10-16-12/h9-11,13,15H,5-8H2,1-4H3. The fraction of sp³-hybridized carbons (Fsp3) is 0.714. The number of aromatic nitrogens is 2. The number of nitrogens with one attached hydrogen (secondary N) is 1. The smallest absolute Gasteiger partial charge is 0.216 e. The van der Waals surface area contributed by atoms with Gasteiger partial charge in [-0.15, -0.1) is 0 Å². The van der Waals surface area contributed by atoms with Gasteiger partial charge in [-0.1, -0.05) is 27.2 Å². The predicted molar refractivity (Wildman–Crippen MR) is 73.8 cm³/mol. The summed E-state index contributed by atoms with van der Waals surface area (Å²) in [6.07, 6.45) is 4.95. The maximum atomic E-state index is 5.13. The molecule has 0 radical (unpaired) electrons. The Bertz CT molecular complexity index is 344. The highest BCUT2D eigenvalue weighted by Crippen LogP contribution is 2.16. The van der Waals surface area contributed by atoms with Gasteiger partial charge in [0.2, 0.25) is 5.88 Å². The van der Waals surface area contributed by atoms with E-state index in [2.05, 4.69) is 36.1 Å². The molecule has 0 bridgehead atoms. The Morgan fingerprint density at radius 1 is 1.33 bits per heavy atom. The molecule has 0 aliphatic carbocycles. The molecule has 0 saturated carbocycles. The van der Waals surface area contributed by atoms with Gasteiger partial charge in [-0.25, -0.2) is 9.97 Å². The van der Waals surface area contributed by atoms with E-state index in [4.69, 9.17) is 4.74 Å². The summed E-state index contributed by atoms with van der Waals surface area (Å²) in [5, 5.41) is 3.55. The fourth-order valence-corrected chi connectivity index (χ4v) is 2.22. The molecular formula is C14H25N3O. The molecule has 2 unspecified atom stereocenters. The minimum absolute atomic E-state index is 0.467. The second-order valence-corrected chi connectivity index (χ2v) is 4.69. The van der Waals surface area contributed by atoms with Gasteiger partial charge in [-0.3, -0.25) is 0 Å². The second kappa shape index (κ2) is 8.03. The Balaban J connectivity index is 2.69. The molecule has 4 nitrogen and oxygen atoms in total. The first-order chi connectivity index (χ1) is 8.71. The molecule has 0 spiro atoms. The normalized spacial score (nSPS) is 14.2. The minimum Gasteiger partial charge on any atom is -0.481 e. The summed E-state index contributed by atoms with van der Waals surface area (Å²) >= 11 is 0. The maximum Gasteiger partial charge on any atom is 0.216 e. The van der Waals surface area contributed by atoms with Crippen molar-refractivity contribution in [2.75, 3.05) is 13.7 Å². The molecular weight excluding hydrogens is 226 g/mol. The predicted octanol–water partition coefficient (Wildman–Crippen LogP) is 2.44. The molecule has 0 amide bonds. The van der Waals surface area contributed by atoms with Gasteiger partial charge in [-0.05, 0) is 18.9 Å². The topological polar surface area (TPSA) is 47.0 Å². The van der Waals surface area contributed by atoms with Crippen LogP contribution >= 0.6 is 0 Å². The van der Waals surface area contributed by atoms with Gasteiger partial charge >= 0.3 is 0 Å². The van der Waals surface area contributed by atoms with Gasteiger partial charge < -0.3 is 10.1 Å². The zero-order chi connectivity index (χ0) is 13.4. The Hall–Kier alpha value is -1.16. The Morgan fingerprint density at radius 3 is 2.72 bits per heavy atom. The second-order valence-electron chi connectivity index (χ2n) is 4.69. The SMILES string of the molecule is CCCC(C)C(Cc1cc(OC)ncn1)NCC. The number of hydrogen-bond acceptors (Lipinski definition) is 4. The minimum atomic E-state index is 0.467. The molecule has 1 N–H and O–H groups in total. The fourth-order valence-electron chi connectivity index (χ4n) is 2.22. The Labute approximate surface area is 110 Å². The lowest BCUT2D eigenvalue weighted by atomic mass is 9.93. The summed E-state index contributed by atoms with van der Waals surface area (Å²) in [5.41, 5.74) is 1.04. The largest absolute Gasteiger partial charge is 0.481 e. The lowest BCUT2D eigenvalue weighted by Crippen LogP contribution is -2.37. The van der Waals surface area contributed by atoms with Gasteiger partial charge in [0.1, 0.15) is 6.33 Å². The van der Waals surface area contributed by atoms with E-state index in [0.29, 0.717) is 17.8 Å². The average Bonchev–Trinajstić information content (AvgIpc) is 2.39. The molecule has 0 aliphatic heterocycles. The van der Waals surface area contributed by atoms with E-state index in [1.807, 2.05) is 6.07 Å². The molecule has 2 atom stereocenters. The lowest BCUT2D eigenvalue weighted by molar-refractivity contribution is 0.353. The summed E-state index contributed by atoms with van der Waals surface area (Å²) in [6, 6.07) is 2.39. The van der Waals surface area contributed by atoms with Gasteiger partial charge in [0.25, 0.3) is 0 Å². The van der Waals surface area contributed by atoms with Gasteiger partial charge in [0, 0.05) is 24.2 Å². The summed E-state index contributed by atoms with van der Waals surface area (Å²) in [4.78, 5) is 8.36. The van der Waals surface area contributed by atoms with Crippen LogP contribution in [0.5, 0.6) is 5.88 Å². The molecule has 0 aliphatic rings. The lowest BCUT2D eigenvalue weighted by Gasteiger charge is -2.24. The van der Waals surface area contributed by atoms with Gasteiger partial charge in [0.15, 0.2) is 0 Å². The molecule has 0 fully saturated rings. The van der Waals surface area contributed by atoms with E-state index in [0.717, 1.165) is 18.7 Å². The van der Waals surface area contributed by atoms with Crippen molar-refractivity contribution < 1.29 is 4.74 Å². The van der Waals surface area contributed by atoms with Crippen LogP contribution in [-0.4, -0.2) is 29.7 Å². The van der Waals surface area contributed by atoms with Crippen LogP contribution in [0, 0.1) is 5.92 Å². The highest BCUT2D eigenvalue weighted by Gasteiger charge is 2.17. The number of likely N-dealkylation sites (N-methyl/N-ethyl adjacent to an activating group) is 1. The Kier molecular flexibility index (Phi) is 6.65. The van der Waals surface area contributed by atoms with Crippen LogP contribution in [0.15, 0.2) is 12.4 Å². The van der Waals surface area contributed by atoms with Crippen molar-refractivity contribution in [1.82, 2.24) is 15.3 Å². The van der Waals surface area contributed by atoms with E-state index in [1.165, 1.54) is 12.8 Å². The van der Waals surface area contributed by atoms with Crippen LogP contribution in [0.2, 0.25) is 0 Å². The van der Waals surface area contributed by atoms with E-state index in [1.54, 1.807) is 13.4 Å². The van der Waals surface area contributed by atoms with E-state index >= 15 is 0 Å². The van der Waals surface area contributed by atoms with Gasteiger partial charge in [0.05, 0.1) is 7.11 Å². The van der Waals surface area contributed by atoms with Crippen LogP contribution in [0.25, 0.3) is 0 Å². The average molecular weight is 251 g/mol. The zero-order valence-corrected chi connectivity index (χ0v) is 11.9. The molecule has 0 saturated heterocycles. The quantitative estimate of drug-likeness (QED) is 0.771. The molecule has 4 heteroatoms. The van der Waals surface area contributed by atoms with E-state index in [9.17, 15) is 0 Å². The molecule has 18 heavy (non-hydrogen) atoms. The molecule has 102 valence electrons. The summed E-state index contributed by atoms with van der Waals surface area (Å²) in [5.74, 6) is 1.29. The summed E-state index contributed by atoms with van der Waals surface area (Å²) < 4.78 is 5.13. The van der Waals surface area contributed by atoms with Crippen molar-refractivity contribution in [3.8, 4) is 5.88 Å². The van der Waals surface area contributed by atoms with E-state index in [-0.39, 0.29) is 0 Å². The summed E-state index contributed by atoms with van der Waals surface area (Å²) in [7, 11) is 1.63. The Morgan fingerprint density at radius 2 is 2.11 bits per heavy atom. The molecule has 1 aromatic rings. The third kappa shape index (κ3) is 4.61.